The van der Waals surface area contributed by atoms with Gasteiger partial charge in [-0.1, -0.05) is 24.1 Å². The molecular weight excluding hydrogens is 695 g/mol. The van der Waals surface area contributed by atoms with Crippen molar-refractivity contribution in [2.45, 2.75) is 93.4 Å². The fourth-order valence-electron chi connectivity index (χ4n) is 5.74. The minimum absolute atomic E-state index is 0.0563. The largest absolute Gasteiger partial charge is 0.379 e. The van der Waals surface area contributed by atoms with Gasteiger partial charge in [-0.2, -0.15) is 25.3 Å². The van der Waals surface area contributed by atoms with Crippen molar-refractivity contribution < 1.29 is 37.0 Å². The summed E-state index contributed by atoms with van der Waals surface area (Å²) in [7, 11) is -3.79. The predicted octanol–water partition coefficient (Wildman–Crippen LogP) is 4.57. The van der Waals surface area contributed by atoms with Crippen molar-refractivity contribution in [1.82, 2.24) is 20.4 Å². The standard InChI is InChI=1S/C36H51N5O8S2/c1-27-12-14-30(15-13-27)51(45,46)41-38-25-28-16-17-37-31(24-28)33(43)10-5-7-19-48-21-23-49-22-20-47-18-6-4-9-29(42)8-2-3-11-34-35-32(26-50-34)39-36(44)40-35/h12-17,24-25,32,34-35,41H,2-11,18-23,26H2,1H3,(H2,39,40,44)/b38-25-. The number of benzene rings is 1. The molecule has 0 saturated carbocycles. The van der Waals surface area contributed by atoms with E-state index >= 15 is 0 Å². The molecule has 3 unspecified atom stereocenters. The van der Waals surface area contributed by atoms with Crippen LogP contribution in [0.1, 0.15) is 85.8 Å². The fourth-order valence-corrected chi connectivity index (χ4v) is 8.08. The molecular formula is C36H51N5O8S2. The van der Waals surface area contributed by atoms with E-state index in [1.165, 1.54) is 24.5 Å². The molecule has 0 aliphatic carbocycles. The first-order chi connectivity index (χ1) is 24.7. The molecule has 51 heavy (non-hydrogen) atoms. The van der Waals surface area contributed by atoms with Crippen molar-refractivity contribution in [2.24, 2.45) is 5.10 Å². The molecule has 2 fully saturated rings. The molecule has 0 bridgehead atoms. The van der Waals surface area contributed by atoms with Crippen molar-refractivity contribution in [1.29, 1.82) is 0 Å². The van der Waals surface area contributed by atoms with E-state index in [1.807, 2.05) is 18.7 Å². The Labute approximate surface area is 305 Å². The number of amides is 2. The van der Waals surface area contributed by atoms with Crippen LogP contribution in [0.15, 0.2) is 52.6 Å². The highest BCUT2D eigenvalue weighted by Crippen LogP contribution is 2.33. The average molecular weight is 746 g/mol. The van der Waals surface area contributed by atoms with Crippen LogP contribution in [0.3, 0.4) is 0 Å². The Morgan fingerprint density at radius 1 is 0.902 bits per heavy atom. The number of urea groups is 1. The summed E-state index contributed by atoms with van der Waals surface area (Å²) < 4.78 is 41.5. The zero-order valence-electron chi connectivity index (χ0n) is 29.3. The summed E-state index contributed by atoms with van der Waals surface area (Å²) in [5, 5.41) is 10.3. The summed E-state index contributed by atoms with van der Waals surface area (Å²) in [4.78, 5) is 42.7. The van der Waals surface area contributed by atoms with Gasteiger partial charge in [-0.05, 0) is 75.3 Å². The lowest BCUT2D eigenvalue weighted by Gasteiger charge is -2.16. The van der Waals surface area contributed by atoms with Crippen LogP contribution in [0.5, 0.6) is 0 Å². The molecule has 1 aromatic carbocycles. The van der Waals surface area contributed by atoms with Gasteiger partial charge in [0, 0.05) is 49.7 Å². The van der Waals surface area contributed by atoms with Crippen LogP contribution < -0.4 is 15.5 Å². The number of ketones is 2. The zero-order valence-corrected chi connectivity index (χ0v) is 31.0. The van der Waals surface area contributed by atoms with Crippen molar-refractivity contribution in [3.8, 4) is 0 Å². The Morgan fingerprint density at radius 2 is 1.55 bits per heavy atom. The van der Waals surface area contributed by atoms with Gasteiger partial charge < -0.3 is 24.8 Å². The quantitative estimate of drug-likeness (QED) is 0.0407. The maximum atomic E-state index is 12.6. The van der Waals surface area contributed by atoms with E-state index in [-0.39, 0.29) is 28.8 Å². The van der Waals surface area contributed by atoms with Crippen molar-refractivity contribution in [3.63, 3.8) is 0 Å². The van der Waals surface area contributed by atoms with E-state index in [0.717, 1.165) is 49.8 Å². The topological polar surface area (TPSA) is 174 Å². The van der Waals surface area contributed by atoms with Crippen LogP contribution in [0.25, 0.3) is 0 Å². The highest BCUT2D eigenvalue weighted by Gasteiger charge is 2.42. The Bertz CT molecular complexity index is 1540. The summed E-state index contributed by atoms with van der Waals surface area (Å²) in [6.45, 7) is 4.90. The first kappa shape index (κ1) is 40.4. The number of Topliss-reactive ketones (excluding diaryl/α,β-unsaturated/α-hetero) is 2. The Hall–Kier alpha value is -3.37. The summed E-state index contributed by atoms with van der Waals surface area (Å²) in [5.74, 6) is 1.17. The van der Waals surface area contributed by atoms with Gasteiger partial charge in [0.05, 0.1) is 49.6 Å². The molecule has 0 spiro atoms. The van der Waals surface area contributed by atoms with Gasteiger partial charge in [0.15, 0.2) is 5.78 Å². The summed E-state index contributed by atoms with van der Waals surface area (Å²) in [6, 6.07) is 10.1. The van der Waals surface area contributed by atoms with Crippen LogP contribution in [-0.2, 0) is 29.0 Å². The number of carbonyl (C=O) groups is 3. The van der Waals surface area contributed by atoms with Crippen molar-refractivity contribution in [2.75, 3.05) is 45.4 Å². The minimum Gasteiger partial charge on any atom is -0.379 e. The number of nitrogens with zero attached hydrogens (tertiary/aromatic N) is 2. The number of fused-ring (bicyclic) bond motifs is 1. The highest BCUT2D eigenvalue weighted by molar-refractivity contribution is 8.00. The van der Waals surface area contributed by atoms with Crippen molar-refractivity contribution in [3.05, 3.63) is 59.4 Å². The third kappa shape index (κ3) is 14.6. The second-order valence-electron chi connectivity index (χ2n) is 12.7. The lowest BCUT2D eigenvalue weighted by molar-refractivity contribution is -0.119. The Morgan fingerprint density at radius 3 is 2.25 bits per heavy atom. The first-order valence-corrected chi connectivity index (χ1v) is 20.3. The monoisotopic (exact) mass is 745 g/mol. The van der Waals surface area contributed by atoms with Crippen LogP contribution in [0.2, 0.25) is 0 Å². The number of nitrogens with one attached hydrogen (secondary N) is 3. The lowest BCUT2D eigenvalue weighted by Crippen LogP contribution is -2.36. The van der Waals surface area contributed by atoms with Crippen LogP contribution >= 0.6 is 11.8 Å². The maximum absolute atomic E-state index is 12.6. The molecule has 4 rings (SSSR count). The number of rotatable bonds is 26. The number of pyridine rings is 1. The van der Waals surface area contributed by atoms with E-state index in [4.69, 9.17) is 14.2 Å². The van der Waals surface area contributed by atoms with Crippen molar-refractivity contribution >= 4 is 45.6 Å². The third-order valence-corrected chi connectivity index (χ3v) is 11.3. The number of hydrogen-bond donors (Lipinski definition) is 3. The number of hydrogen-bond acceptors (Lipinski definition) is 11. The van der Waals surface area contributed by atoms with E-state index in [0.29, 0.717) is 87.6 Å². The van der Waals surface area contributed by atoms with Gasteiger partial charge in [-0.3, -0.25) is 14.6 Å². The average Bonchev–Trinajstić information content (AvgIpc) is 3.67. The normalized spacial score (nSPS) is 18.5. The smallest absolute Gasteiger partial charge is 0.315 e. The highest BCUT2D eigenvalue weighted by atomic mass is 32.2. The predicted molar refractivity (Wildman–Crippen MR) is 197 cm³/mol. The number of hydrazone groups is 1. The molecule has 2 aliphatic heterocycles. The molecule has 3 heterocycles. The van der Waals surface area contributed by atoms with Gasteiger partial charge in [0.1, 0.15) is 11.5 Å². The lowest BCUT2D eigenvalue weighted by atomic mass is 10.0. The fraction of sp³-hybridized carbons (Fsp3) is 0.583. The van der Waals surface area contributed by atoms with Crippen LogP contribution in [0, 0.1) is 6.92 Å². The van der Waals surface area contributed by atoms with Gasteiger partial charge in [-0.25, -0.2) is 9.63 Å². The van der Waals surface area contributed by atoms with Gasteiger partial charge in [0.2, 0.25) is 0 Å². The molecule has 3 atom stereocenters. The first-order valence-electron chi connectivity index (χ1n) is 17.8. The number of aryl methyl sites for hydroxylation is 1. The molecule has 2 amide bonds. The minimum atomic E-state index is -3.79. The van der Waals surface area contributed by atoms with Crippen LogP contribution in [-0.4, -0.2) is 99.9 Å². The Balaban J connectivity index is 0.914. The molecule has 15 heteroatoms. The van der Waals surface area contributed by atoms with Gasteiger partial charge >= 0.3 is 6.03 Å². The molecule has 2 aliphatic rings. The molecule has 13 nitrogen and oxygen atoms in total. The van der Waals surface area contributed by atoms with Gasteiger partial charge in [-0.15, -0.1) is 0 Å². The molecule has 280 valence electrons. The molecule has 2 aromatic rings. The maximum Gasteiger partial charge on any atom is 0.315 e. The van der Waals surface area contributed by atoms with E-state index in [2.05, 4.69) is 25.6 Å². The molecule has 0 radical (unpaired) electrons. The number of thioether (sulfide) groups is 1. The number of ether oxygens (including phenoxy) is 3. The zero-order chi connectivity index (χ0) is 36.3. The summed E-state index contributed by atoms with van der Waals surface area (Å²) in [5.41, 5.74) is 1.80. The van der Waals surface area contributed by atoms with E-state index in [9.17, 15) is 22.8 Å². The summed E-state index contributed by atoms with van der Waals surface area (Å²) in [6.07, 6.45) is 10.4. The number of unbranched alkanes of at least 4 members (excludes halogenated alkanes) is 3. The van der Waals surface area contributed by atoms with Gasteiger partial charge in [0.25, 0.3) is 10.0 Å². The molecule has 3 N–H and O–H groups in total. The SMILES string of the molecule is Cc1ccc(S(=O)(=O)N/N=C\c2ccnc(C(=O)CCCCOCCOCCOCCCCC(=O)CCCCC3SCC4NC(=O)NC43)c2)cc1. The number of carbonyl (C=O) groups excluding carboxylic acids is 3. The Kier molecular flexibility index (Phi) is 17.3. The number of aromatic nitrogens is 1. The second kappa shape index (κ2) is 21.9. The summed E-state index contributed by atoms with van der Waals surface area (Å²) >= 11 is 1.91. The molecule has 2 saturated heterocycles. The van der Waals surface area contributed by atoms with E-state index in [1.54, 1.807) is 24.3 Å². The third-order valence-electron chi connectivity index (χ3n) is 8.60. The molecule has 1 aromatic heterocycles. The second-order valence-corrected chi connectivity index (χ2v) is 15.7. The van der Waals surface area contributed by atoms with E-state index < -0.39 is 10.0 Å². The van der Waals surface area contributed by atoms with Crippen LogP contribution in [0.4, 0.5) is 4.79 Å². The number of sulfonamides is 1.